The van der Waals surface area contributed by atoms with Crippen LogP contribution in [-0.2, 0) is 4.74 Å². The van der Waals surface area contributed by atoms with Gasteiger partial charge in [-0.2, -0.15) is 0 Å². The molecule has 3 heterocycles. The van der Waals surface area contributed by atoms with Gasteiger partial charge in [-0.25, -0.2) is 9.18 Å². The molecule has 2 saturated heterocycles. The monoisotopic (exact) mass is 479 g/mol. The Morgan fingerprint density at radius 3 is 2.62 bits per heavy atom. The summed E-state index contributed by atoms with van der Waals surface area (Å²) in [6.45, 7) is 4.91. The minimum absolute atomic E-state index is 0.111. The van der Waals surface area contributed by atoms with Crippen LogP contribution in [0.1, 0.15) is 6.92 Å². The third-order valence-electron chi connectivity index (χ3n) is 5.39. The normalized spacial score (nSPS) is 18.6. The Balaban J connectivity index is 1.38. The molecule has 1 unspecified atom stereocenters. The van der Waals surface area contributed by atoms with Crippen LogP contribution in [-0.4, -0.2) is 61.4 Å². The van der Waals surface area contributed by atoms with E-state index in [9.17, 15) is 19.3 Å². The lowest BCUT2D eigenvalue weighted by Gasteiger charge is -2.36. The average molecular weight is 480 g/mol. The van der Waals surface area contributed by atoms with E-state index >= 15 is 0 Å². The molecule has 9 nitrogen and oxygen atoms in total. The number of ether oxygens (including phenoxy) is 1. The number of benzene rings is 1. The number of cyclic esters (lactones) is 1. The Morgan fingerprint density at radius 1 is 1.28 bits per heavy atom. The van der Waals surface area contributed by atoms with Crippen molar-refractivity contribution < 1.29 is 18.8 Å². The Labute approximate surface area is 193 Å². The summed E-state index contributed by atoms with van der Waals surface area (Å²) in [5.74, 6) is -0.410. The van der Waals surface area contributed by atoms with Crippen LogP contribution in [0.2, 0.25) is 0 Å². The molecular weight excluding hydrogens is 457 g/mol. The summed E-state index contributed by atoms with van der Waals surface area (Å²) in [5, 5.41) is 14.8. The molecule has 2 aliphatic heterocycles. The summed E-state index contributed by atoms with van der Waals surface area (Å²) in [6, 6.07) is 8.00. The largest absolute Gasteiger partial charge is 0.442 e. The van der Waals surface area contributed by atoms with E-state index in [2.05, 4.69) is 10.2 Å². The third-order valence-corrected chi connectivity index (χ3v) is 6.63. The van der Waals surface area contributed by atoms with Gasteiger partial charge in [0.1, 0.15) is 11.9 Å². The van der Waals surface area contributed by atoms with Crippen LogP contribution >= 0.6 is 23.6 Å². The lowest BCUT2D eigenvalue weighted by molar-refractivity contribution is -0.380. The summed E-state index contributed by atoms with van der Waals surface area (Å²) in [5.41, 5.74) is 0.912. The summed E-state index contributed by atoms with van der Waals surface area (Å²) in [6.07, 6.45) is -0.867. The second kappa shape index (κ2) is 9.25. The quantitative estimate of drug-likeness (QED) is 0.383. The molecule has 32 heavy (non-hydrogen) atoms. The van der Waals surface area contributed by atoms with E-state index in [1.54, 1.807) is 25.1 Å². The maximum atomic E-state index is 14.9. The number of nitrogens with one attached hydrogen (secondary N) is 1. The number of hydrogen-bond acceptors (Lipinski definition) is 8. The van der Waals surface area contributed by atoms with Gasteiger partial charge >= 0.3 is 11.1 Å². The van der Waals surface area contributed by atoms with Gasteiger partial charge in [0.15, 0.2) is 0 Å². The molecule has 1 aromatic heterocycles. The van der Waals surface area contributed by atoms with Gasteiger partial charge in [-0.3, -0.25) is 15.0 Å². The van der Waals surface area contributed by atoms with Crippen molar-refractivity contribution >= 4 is 56.0 Å². The standard InChI is InChI=1S/C20H22FN5O4S2/c1-13(31)22-11-15-12-25(20(27)30-15)14-2-3-17(16(21)10-14)23-6-8-24(9-7-23)18-4-5-19(32-18)26(28)29/h2-5,10,15H,6-9,11-12H2,1H3,(H,22,31). The Hall–Kier alpha value is -2.99. The molecule has 1 amide bonds. The molecule has 1 N–H and O–H groups in total. The van der Waals surface area contributed by atoms with Gasteiger partial charge in [0.25, 0.3) is 0 Å². The molecule has 0 bridgehead atoms. The number of rotatable bonds is 6. The molecule has 1 aromatic carbocycles. The fourth-order valence-electron chi connectivity index (χ4n) is 3.77. The number of hydrogen-bond donors (Lipinski definition) is 1. The number of carbonyl (C=O) groups is 1. The van der Waals surface area contributed by atoms with Gasteiger partial charge in [-0.1, -0.05) is 12.2 Å². The summed E-state index contributed by atoms with van der Waals surface area (Å²) < 4.78 is 20.3. The molecule has 12 heteroatoms. The van der Waals surface area contributed by atoms with Crippen LogP contribution in [0.4, 0.5) is 30.6 Å². The summed E-state index contributed by atoms with van der Waals surface area (Å²) >= 11 is 6.12. The third kappa shape index (κ3) is 4.75. The molecular formula is C20H22FN5O4S2. The van der Waals surface area contributed by atoms with Crippen molar-refractivity contribution in [2.45, 2.75) is 13.0 Å². The zero-order valence-corrected chi connectivity index (χ0v) is 19.0. The van der Waals surface area contributed by atoms with Crippen molar-refractivity contribution in [1.82, 2.24) is 5.32 Å². The maximum Gasteiger partial charge on any atom is 0.414 e. The molecule has 2 aliphatic rings. The first kappa shape index (κ1) is 22.2. The lowest BCUT2D eigenvalue weighted by atomic mass is 10.2. The Kier molecular flexibility index (Phi) is 6.42. The molecule has 4 rings (SSSR count). The molecule has 0 saturated carbocycles. The van der Waals surface area contributed by atoms with Crippen LogP contribution in [0.25, 0.3) is 0 Å². The molecule has 0 spiro atoms. The highest BCUT2D eigenvalue weighted by molar-refractivity contribution is 7.80. The van der Waals surface area contributed by atoms with Crippen LogP contribution in [0.15, 0.2) is 30.3 Å². The number of thiocarbonyl (C=S) groups is 1. The molecule has 2 aromatic rings. The topological polar surface area (TPSA) is 91.2 Å². The van der Waals surface area contributed by atoms with Crippen molar-refractivity contribution in [2.24, 2.45) is 0 Å². The highest BCUT2D eigenvalue weighted by Gasteiger charge is 2.33. The second-order valence-electron chi connectivity index (χ2n) is 7.53. The van der Waals surface area contributed by atoms with E-state index in [0.717, 1.165) is 16.3 Å². The fourth-order valence-corrected chi connectivity index (χ4v) is 4.73. The smallest absolute Gasteiger partial charge is 0.414 e. The van der Waals surface area contributed by atoms with Gasteiger partial charge in [0.2, 0.25) is 0 Å². The maximum absolute atomic E-state index is 14.9. The van der Waals surface area contributed by atoms with Crippen molar-refractivity contribution in [3.63, 3.8) is 0 Å². The first-order chi connectivity index (χ1) is 15.3. The Morgan fingerprint density at radius 2 is 2.00 bits per heavy atom. The van der Waals surface area contributed by atoms with Crippen molar-refractivity contribution in [3.05, 3.63) is 46.3 Å². The number of anilines is 3. The van der Waals surface area contributed by atoms with Gasteiger partial charge in [0.05, 0.1) is 39.4 Å². The van der Waals surface area contributed by atoms with Crippen molar-refractivity contribution in [2.75, 3.05) is 54.0 Å². The number of halogens is 1. The molecule has 2 fully saturated rings. The first-order valence-electron chi connectivity index (χ1n) is 10.1. The lowest BCUT2D eigenvalue weighted by Crippen LogP contribution is -2.46. The first-order valence-corrected chi connectivity index (χ1v) is 11.3. The number of amides is 1. The molecule has 0 radical (unpaired) electrons. The number of carbonyl (C=O) groups excluding carboxylic acids is 1. The highest BCUT2D eigenvalue weighted by Crippen LogP contribution is 2.33. The van der Waals surface area contributed by atoms with Crippen molar-refractivity contribution in [1.29, 1.82) is 0 Å². The molecule has 0 aliphatic carbocycles. The zero-order chi connectivity index (χ0) is 22.8. The minimum atomic E-state index is -0.510. The van der Waals surface area contributed by atoms with Crippen molar-refractivity contribution in [3.8, 4) is 0 Å². The summed E-state index contributed by atoms with van der Waals surface area (Å²) in [4.78, 5) is 28.8. The average Bonchev–Trinajstić information content (AvgIpc) is 3.39. The zero-order valence-electron chi connectivity index (χ0n) is 17.3. The number of piperazine rings is 1. The Bertz CT molecular complexity index is 1040. The van der Waals surface area contributed by atoms with E-state index in [-0.39, 0.29) is 11.1 Å². The number of nitro groups is 1. The van der Waals surface area contributed by atoms with E-state index in [1.165, 1.54) is 17.0 Å². The van der Waals surface area contributed by atoms with E-state index in [4.69, 9.17) is 17.0 Å². The van der Waals surface area contributed by atoms with Crippen LogP contribution in [0, 0.1) is 15.9 Å². The molecule has 170 valence electrons. The minimum Gasteiger partial charge on any atom is -0.442 e. The van der Waals surface area contributed by atoms with E-state index in [0.29, 0.717) is 55.6 Å². The summed E-state index contributed by atoms with van der Waals surface area (Å²) in [7, 11) is 0. The van der Waals surface area contributed by atoms with E-state index in [1.807, 2.05) is 4.90 Å². The fraction of sp³-hybridized carbons (Fsp3) is 0.400. The number of nitrogens with zero attached hydrogens (tertiary/aromatic N) is 4. The van der Waals surface area contributed by atoms with Crippen LogP contribution in [0.5, 0.6) is 0 Å². The van der Waals surface area contributed by atoms with Gasteiger partial charge in [-0.05, 0) is 42.5 Å². The van der Waals surface area contributed by atoms with Gasteiger partial charge < -0.3 is 19.9 Å². The highest BCUT2D eigenvalue weighted by atomic mass is 32.1. The van der Waals surface area contributed by atoms with Crippen LogP contribution in [0.3, 0.4) is 0 Å². The molecule has 1 atom stereocenters. The SMILES string of the molecule is CC(=S)NCC1CN(c2ccc(N3CCN(c4ccc([N+](=O)[O-])s4)CC3)c(F)c2)C(=O)O1. The van der Waals surface area contributed by atoms with Gasteiger partial charge in [0, 0.05) is 32.2 Å². The van der Waals surface area contributed by atoms with Gasteiger partial charge in [-0.15, -0.1) is 0 Å². The second-order valence-corrected chi connectivity index (χ2v) is 9.19. The van der Waals surface area contributed by atoms with Crippen LogP contribution < -0.4 is 20.0 Å². The predicted octanol–water partition coefficient (Wildman–Crippen LogP) is 3.38. The van der Waals surface area contributed by atoms with E-state index < -0.39 is 16.8 Å². The number of thiophene rings is 1. The predicted molar refractivity (Wildman–Crippen MR) is 126 cm³/mol.